The standard InChI is InChI=1S/C10H8BrClN2S/c11-7-1-2-9(12)10(3-7)13-4-8-5-15-6-14-8/h1-3,5-6,13H,4H2. The summed E-state index contributed by atoms with van der Waals surface area (Å²) in [5.74, 6) is 0. The van der Waals surface area contributed by atoms with Crippen LogP contribution in [-0.4, -0.2) is 4.98 Å². The summed E-state index contributed by atoms with van der Waals surface area (Å²) in [6.45, 7) is 0.694. The molecule has 78 valence electrons. The summed E-state index contributed by atoms with van der Waals surface area (Å²) < 4.78 is 1.01. The lowest BCUT2D eigenvalue weighted by molar-refractivity contribution is 1.07. The average molecular weight is 304 g/mol. The molecule has 0 aliphatic carbocycles. The number of hydrogen-bond acceptors (Lipinski definition) is 3. The van der Waals surface area contributed by atoms with Crippen LogP contribution < -0.4 is 5.32 Å². The third-order valence-corrected chi connectivity index (χ3v) is 3.33. The molecule has 0 bridgehead atoms. The molecule has 2 nitrogen and oxygen atoms in total. The molecule has 0 saturated heterocycles. The van der Waals surface area contributed by atoms with Gasteiger partial charge in [-0.05, 0) is 18.2 Å². The zero-order chi connectivity index (χ0) is 10.7. The van der Waals surface area contributed by atoms with Gasteiger partial charge in [-0.2, -0.15) is 0 Å². The summed E-state index contributed by atoms with van der Waals surface area (Å²) in [4.78, 5) is 4.18. The van der Waals surface area contributed by atoms with Crippen molar-refractivity contribution in [2.45, 2.75) is 6.54 Å². The number of hydrogen-bond donors (Lipinski definition) is 1. The van der Waals surface area contributed by atoms with Crippen LogP contribution in [0.3, 0.4) is 0 Å². The van der Waals surface area contributed by atoms with Crippen LogP contribution in [0.1, 0.15) is 5.69 Å². The maximum absolute atomic E-state index is 6.04. The number of rotatable bonds is 3. The third kappa shape index (κ3) is 2.93. The fraction of sp³-hybridized carbons (Fsp3) is 0.100. The van der Waals surface area contributed by atoms with Crippen LogP contribution in [0.5, 0.6) is 0 Å². The van der Waals surface area contributed by atoms with Gasteiger partial charge in [0.1, 0.15) is 0 Å². The molecular formula is C10H8BrClN2S. The van der Waals surface area contributed by atoms with Crippen LogP contribution in [0.25, 0.3) is 0 Å². The molecule has 0 aliphatic heterocycles. The summed E-state index contributed by atoms with van der Waals surface area (Å²) in [6, 6.07) is 5.72. The van der Waals surface area contributed by atoms with Crippen molar-refractivity contribution in [3.63, 3.8) is 0 Å². The van der Waals surface area contributed by atoms with Crippen molar-refractivity contribution >= 4 is 44.6 Å². The molecular weight excluding hydrogens is 296 g/mol. The van der Waals surface area contributed by atoms with E-state index in [4.69, 9.17) is 11.6 Å². The molecule has 15 heavy (non-hydrogen) atoms. The van der Waals surface area contributed by atoms with Gasteiger partial charge in [0, 0.05) is 9.85 Å². The molecule has 2 aromatic rings. The Morgan fingerprint density at radius 3 is 3.07 bits per heavy atom. The molecule has 1 aromatic carbocycles. The molecule has 0 atom stereocenters. The smallest absolute Gasteiger partial charge is 0.0795 e. The van der Waals surface area contributed by atoms with Crippen molar-refractivity contribution in [3.8, 4) is 0 Å². The number of anilines is 1. The number of aromatic nitrogens is 1. The second kappa shape index (κ2) is 4.96. The monoisotopic (exact) mass is 302 g/mol. The van der Waals surface area contributed by atoms with Crippen LogP contribution in [0.15, 0.2) is 33.6 Å². The minimum Gasteiger partial charge on any atom is -0.378 e. The first kappa shape index (κ1) is 10.9. The predicted molar refractivity (Wildman–Crippen MR) is 68.6 cm³/mol. The summed E-state index contributed by atoms with van der Waals surface area (Å²) in [5, 5.41) is 5.97. The van der Waals surface area contributed by atoms with E-state index in [-0.39, 0.29) is 0 Å². The Morgan fingerprint density at radius 2 is 2.33 bits per heavy atom. The largest absolute Gasteiger partial charge is 0.378 e. The normalized spacial score (nSPS) is 10.3. The van der Waals surface area contributed by atoms with Crippen LogP contribution in [0.2, 0.25) is 5.02 Å². The van der Waals surface area contributed by atoms with Crippen molar-refractivity contribution in [2.24, 2.45) is 0 Å². The van der Waals surface area contributed by atoms with Gasteiger partial charge in [0.15, 0.2) is 0 Å². The molecule has 1 heterocycles. The lowest BCUT2D eigenvalue weighted by Gasteiger charge is -2.07. The van der Waals surface area contributed by atoms with Crippen LogP contribution in [-0.2, 0) is 6.54 Å². The molecule has 0 unspecified atom stereocenters. The minimum absolute atomic E-state index is 0.694. The molecule has 0 saturated carbocycles. The topological polar surface area (TPSA) is 24.9 Å². The van der Waals surface area contributed by atoms with Crippen molar-refractivity contribution in [2.75, 3.05) is 5.32 Å². The van der Waals surface area contributed by atoms with Gasteiger partial charge >= 0.3 is 0 Å². The Labute approximate surface area is 105 Å². The van der Waals surface area contributed by atoms with E-state index in [9.17, 15) is 0 Å². The van der Waals surface area contributed by atoms with Gasteiger partial charge in [-0.1, -0.05) is 27.5 Å². The van der Waals surface area contributed by atoms with E-state index in [1.807, 2.05) is 29.1 Å². The highest BCUT2D eigenvalue weighted by molar-refractivity contribution is 9.10. The van der Waals surface area contributed by atoms with Gasteiger partial charge in [-0.25, -0.2) is 4.98 Å². The highest BCUT2D eigenvalue weighted by Crippen LogP contribution is 2.26. The summed E-state index contributed by atoms with van der Waals surface area (Å²) in [7, 11) is 0. The van der Waals surface area contributed by atoms with E-state index in [0.29, 0.717) is 11.6 Å². The molecule has 2 rings (SSSR count). The summed E-state index contributed by atoms with van der Waals surface area (Å²) in [5.41, 5.74) is 3.76. The first-order chi connectivity index (χ1) is 7.25. The number of halogens is 2. The fourth-order valence-electron chi connectivity index (χ4n) is 1.14. The van der Waals surface area contributed by atoms with E-state index < -0.39 is 0 Å². The number of nitrogens with zero attached hydrogens (tertiary/aromatic N) is 1. The van der Waals surface area contributed by atoms with Crippen molar-refractivity contribution in [1.82, 2.24) is 4.98 Å². The van der Waals surface area contributed by atoms with Crippen LogP contribution >= 0.6 is 38.9 Å². The van der Waals surface area contributed by atoms with Gasteiger partial charge in [0.25, 0.3) is 0 Å². The van der Waals surface area contributed by atoms with Gasteiger partial charge in [-0.3, -0.25) is 0 Å². The highest BCUT2D eigenvalue weighted by Gasteiger charge is 2.01. The lowest BCUT2D eigenvalue weighted by Crippen LogP contribution is -1.99. The Hall–Kier alpha value is -0.580. The Morgan fingerprint density at radius 1 is 1.47 bits per heavy atom. The summed E-state index contributed by atoms with van der Waals surface area (Å²) in [6.07, 6.45) is 0. The van der Waals surface area contributed by atoms with Gasteiger partial charge in [0.2, 0.25) is 0 Å². The van der Waals surface area contributed by atoms with Gasteiger partial charge in [-0.15, -0.1) is 11.3 Å². The van der Waals surface area contributed by atoms with Gasteiger partial charge in [0.05, 0.1) is 28.5 Å². The summed E-state index contributed by atoms with van der Waals surface area (Å²) >= 11 is 11.0. The third-order valence-electron chi connectivity index (χ3n) is 1.87. The first-order valence-electron chi connectivity index (χ1n) is 4.31. The maximum Gasteiger partial charge on any atom is 0.0795 e. The lowest BCUT2D eigenvalue weighted by atomic mass is 10.3. The van der Waals surface area contributed by atoms with E-state index in [2.05, 4.69) is 26.2 Å². The Balaban J connectivity index is 2.07. The van der Waals surface area contributed by atoms with E-state index in [1.165, 1.54) is 0 Å². The first-order valence-corrected chi connectivity index (χ1v) is 6.43. The quantitative estimate of drug-likeness (QED) is 0.920. The van der Waals surface area contributed by atoms with Gasteiger partial charge < -0.3 is 5.32 Å². The van der Waals surface area contributed by atoms with Crippen molar-refractivity contribution in [1.29, 1.82) is 0 Å². The molecule has 5 heteroatoms. The van der Waals surface area contributed by atoms with E-state index in [1.54, 1.807) is 11.3 Å². The maximum atomic E-state index is 6.04. The Kier molecular flexibility index (Phi) is 3.61. The molecule has 1 aromatic heterocycles. The highest BCUT2D eigenvalue weighted by atomic mass is 79.9. The zero-order valence-corrected chi connectivity index (χ0v) is 10.9. The van der Waals surface area contributed by atoms with Crippen LogP contribution in [0.4, 0.5) is 5.69 Å². The van der Waals surface area contributed by atoms with Crippen molar-refractivity contribution < 1.29 is 0 Å². The SMILES string of the molecule is Clc1ccc(Br)cc1NCc1cscn1. The molecule has 0 radical (unpaired) electrons. The number of benzene rings is 1. The minimum atomic E-state index is 0.694. The molecule has 0 aliphatic rings. The predicted octanol–water partition coefficient (Wildman–Crippen LogP) is 4.17. The number of thiazole rings is 1. The van der Waals surface area contributed by atoms with E-state index >= 15 is 0 Å². The van der Waals surface area contributed by atoms with Crippen molar-refractivity contribution in [3.05, 3.63) is 44.3 Å². The average Bonchev–Trinajstić information content (AvgIpc) is 2.72. The molecule has 0 spiro atoms. The van der Waals surface area contributed by atoms with Crippen LogP contribution in [0, 0.1) is 0 Å². The second-order valence-electron chi connectivity index (χ2n) is 2.96. The molecule has 0 amide bonds. The zero-order valence-electron chi connectivity index (χ0n) is 7.71. The van der Waals surface area contributed by atoms with E-state index in [0.717, 1.165) is 15.9 Å². The Bertz CT molecular complexity index is 445. The number of nitrogens with one attached hydrogen (secondary N) is 1. The molecule has 1 N–H and O–H groups in total. The molecule has 0 fully saturated rings. The second-order valence-corrected chi connectivity index (χ2v) is 5.00. The fourth-order valence-corrected chi connectivity index (χ4v) is 2.25.